The molecule has 2 N–H and O–H groups in total. The van der Waals surface area contributed by atoms with Crippen LogP contribution in [0.2, 0.25) is 0 Å². The molecule has 0 aliphatic rings. The third kappa shape index (κ3) is 3.33. The molecular formula is C11H13BrN4OS. The lowest BCUT2D eigenvalue weighted by Crippen LogP contribution is -2.34. The van der Waals surface area contributed by atoms with Gasteiger partial charge in [-0.1, -0.05) is 0 Å². The van der Waals surface area contributed by atoms with E-state index in [-0.39, 0.29) is 0 Å². The van der Waals surface area contributed by atoms with Crippen molar-refractivity contribution in [1.82, 2.24) is 20.4 Å². The summed E-state index contributed by atoms with van der Waals surface area (Å²) in [4.78, 5) is 0. The van der Waals surface area contributed by atoms with Gasteiger partial charge in [-0.15, -0.1) is 0 Å². The highest BCUT2D eigenvalue weighted by atomic mass is 79.9. The Balaban J connectivity index is 1.78. The van der Waals surface area contributed by atoms with Gasteiger partial charge in [0.1, 0.15) is 5.76 Å². The van der Waals surface area contributed by atoms with Crippen molar-refractivity contribution < 1.29 is 4.42 Å². The van der Waals surface area contributed by atoms with Gasteiger partial charge in [0.25, 0.3) is 0 Å². The van der Waals surface area contributed by atoms with E-state index in [1.807, 2.05) is 19.2 Å². The molecule has 96 valence electrons. The van der Waals surface area contributed by atoms with Crippen LogP contribution in [0.25, 0.3) is 0 Å². The van der Waals surface area contributed by atoms with Crippen LogP contribution in [0.4, 0.5) is 0 Å². The molecule has 0 aliphatic carbocycles. The number of aryl methyl sites for hydroxylation is 1. The second kappa shape index (κ2) is 6.01. The van der Waals surface area contributed by atoms with Crippen molar-refractivity contribution in [3.05, 3.63) is 40.5 Å². The fourth-order valence-electron chi connectivity index (χ4n) is 1.44. The van der Waals surface area contributed by atoms with Gasteiger partial charge in [0.05, 0.1) is 35.7 Å². The SMILES string of the molecule is Cn1ncc(Br)c1CNC(=S)NCc1ccco1. The lowest BCUT2D eigenvalue weighted by molar-refractivity contribution is 0.502. The van der Waals surface area contributed by atoms with Crippen molar-refractivity contribution in [3.8, 4) is 0 Å². The van der Waals surface area contributed by atoms with Crippen LogP contribution >= 0.6 is 28.1 Å². The van der Waals surface area contributed by atoms with Gasteiger partial charge in [-0.2, -0.15) is 5.10 Å². The minimum absolute atomic E-state index is 0.575. The largest absolute Gasteiger partial charge is 0.467 e. The first-order chi connectivity index (χ1) is 8.66. The van der Waals surface area contributed by atoms with E-state index < -0.39 is 0 Å². The van der Waals surface area contributed by atoms with Crippen LogP contribution in [-0.4, -0.2) is 14.9 Å². The van der Waals surface area contributed by atoms with E-state index in [0.717, 1.165) is 15.9 Å². The van der Waals surface area contributed by atoms with E-state index in [4.69, 9.17) is 16.6 Å². The Kier molecular flexibility index (Phi) is 4.38. The Morgan fingerprint density at radius 2 is 2.28 bits per heavy atom. The van der Waals surface area contributed by atoms with Crippen LogP contribution in [0.1, 0.15) is 11.5 Å². The van der Waals surface area contributed by atoms with E-state index in [1.54, 1.807) is 17.1 Å². The molecule has 0 saturated carbocycles. The number of nitrogens with one attached hydrogen (secondary N) is 2. The van der Waals surface area contributed by atoms with Crippen LogP contribution in [-0.2, 0) is 20.1 Å². The molecule has 2 rings (SSSR count). The van der Waals surface area contributed by atoms with Crippen LogP contribution in [0, 0.1) is 0 Å². The molecule has 0 atom stereocenters. The first kappa shape index (κ1) is 13.1. The quantitative estimate of drug-likeness (QED) is 0.840. The fraction of sp³-hybridized carbons (Fsp3) is 0.273. The Labute approximate surface area is 119 Å². The third-order valence-electron chi connectivity index (χ3n) is 2.43. The molecule has 0 aliphatic heterocycles. The van der Waals surface area contributed by atoms with Crippen LogP contribution in [0.15, 0.2) is 33.5 Å². The summed E-state index contributed by atoms with van der Waals surface area (Å²) < 4.78 is 7.96. The minimum Gasteiger partial charge on any atom is -0.467 e. The molecule has 0 aromatic carbocycles. The molecule has 5 nitrogen and oxygen atoms in total. The van der Waals surface area contributed by atoms with E-state index in [1.165, 1.54) is 0 Å². The van der Waals surface area contributed by atoms with Crippen LogP contribution in [0.3, 0.4) is 0 Å². The van der Waals surface area contributed by atoms with Gasteiger partial charge in [-0.25, -0.2) is 0 Å². The van der Waals surface area contributed by atoms with Gasteiger partial charge in [0.15, 0.2) is 5.11 Å². The molecule has 0 fully saturated rings. The second-order valence-corrected chi connectivity index (χ2v) is 4.94. The standard InChI is InChI=1S/C11H13BrN4OS/c1-16-10(9(12)6-15-16)7-14-11(18)13-5-8-3-2-4-17-8/h2-4,6H,5,7H2,1H3,(H2,13,14,18). The van der Waals surface area contributed by atoms with Crippen LogP contribution in [0.5, 0.6) is 0 Å². The molecule has 0 amide bonds. The molecular weight excluding hydrogens is 316 g/mol. The second-order valence-electron chi connectivity index (χ2n) is 3.68. The first-order valence-electron chi connectivity index (χ1n) is 5.37. The number of furan rings is 1. The fourth-order valence-corrected chi connectivity index (χ4v) is 2.07. The summed E-state index contributed by atoms with van der Waals surface area (Å²) in [6, 6.07) is 3.74. The molecule has 0 radical (unpaired) electrons. The third-order valence-corrected chi connectivity index (χ3v) is 3.38. The van der Waals surface area contributed by atoms with Gasteiger partial charge >= 0.3 is 0 Å². The average molecular weight is 329 g/mol. The lowest BCUT2D eigenvalue weighted by Gasteiger charge is -2.10. The highest BCUT2D eigenvalue weighted by Gasteiger charge is 2.06. The smallest absolute Gasteiger partial charge is 0.166 e. The van der Waals surface area contributed by atoms with Crippen molar-refractivity contribution in [1.29, 1.82) is 0 Å². The van der Waals surface area contributed by atoms with Gasteiger partial charge in [0, 0.05) is 7.05 Å². The summed E-state index contributed by atoms with van der Waals surface area (Å²) in [6.45, 7) is 1.19. The number of thiocarbonyl (C=S) groups is 1. The van der Waals surface area contributed by atoms with Crippen LogP contribution < -0.4 is 10.6 Å². The maximum Gasteiger partial charge on any atom is 0.166 e. The summed E-state index contributed by atoms with van der Waals surface area (Å²) in [5, 5.41) is 10.9. The Hall–Kier alpha value is -1.34. The molecule has 0 bridgehead atoms. The monoisotopic (exact) mass is 328 g/mol. The molecule has 0 unspecified atom stereocenters. The summed E-state index contributed by atoms with van der Waals surface area (Å²) in [5.74, 6) is 0.848. The highest BCUT2D eigenvalue weighted by molar-refractivity contribution is 9.10. The summed E-state index contributed by atoms with van der Waals surface area (Å²) in [7, 11) is 1.89. The topological polar surface area (TPSA) is 55.0 Å². The summed E-state index contributed by atoms with van der Waals surface area (Å²) in [6.07, 6.45) is 3.40. The molecule has 7 heteroatoms. The Bertz CT molecular complexity index is 504. The number of hydrogen-bond donors (Lipinski definition) is 2. The minimum atomic E-state index is 0.575. The number of nitrogens with zero attached hydrogens (tertiary/aromatic N) is 2. The van der Waals surface area contributed by atoms with Gasteiger partial charge < -0.3 is 15.1 Å². The Morgan fingerprint density at radius 1 is 1.50 bits per heavy atom. The van der Waals surface area contributed by atoms with Crippen molar-refractivity contribution in [3.63, 3.8) is 0 Å². The van der Waals surface area contributed by atoms with Crippen molar-refractivity contribution in [2.75, 3.05) is 0 Å². The zero-order valence-corrected chi connectivity index (χ0v) is 12.2. The van der Waals surface area contributed by atoms with E-state index >= 15 is 0 Å². The number of rotatable bonds is 4. The Morgan fingerprint density at radius 3 is 2.89 bits per heavy atom. The van der Waals surface area contributed by atoms with Gasteiger partial charge in [-0.3, -0.25) is 4.68 Å². The highest BCUT2D eigenvalue weighted by Crippen LogP contribution is 2.14. The zero-order valence-electron chi connectivity index (χ0n) is 9.81. The van der Waals surface area contributed by atoms with Crippen molar-refractivity contribution >= 4 is 33.3 Å². The maximum atomic E-state index is 5.20. The zero-order chi connectivity index (χ0) is 13.0. The molecule has 2 heterocycles. The molecule has 2 aromatic heterocycles. The predicted molar refractivity (Wildman–Crippen MR) is 75.9 cm³/mol. The molecule has 18 heavy (non-hydrogen) atoms. The van der Waals surface area contributed by atoms with Gasteiger partial charge in [-0.05, 0) is 40.3 Å². The normalized spacial score (nSPS) is 10.3. The summed E-state index contributed by atoms with van der Waals surface area (Å²) >= 11 is 8.61. The van der Waals surface area contributed by atoms with Crippen molar-refractivity contribution in [2.45, 2.75) is 13.1 Å². The lowest BCUT2D eigenvalue weighted by atomic mass is 10.4. The van der Waals surface area contributed by atoms with Crippen molar-refractivity contribution in [2.24, 2.45) is 7.05 Å². The van der Waals surface area contributed by atoms with Gasteiger partial charge in [0.2, 0.25) is 0 Å². The number of halogens is 1. The average Bonchev–Trinajstić information content (AvgIpc) is 2.96. The van der Waals surface area contributed by atoms with E-state index in [0.29, 0.717) is 18.2 Å². The maximum absolute atomic E-state index is 5.20. The van der Waals surface area contributed by atoms with E-state index in [2.05, 4.69) is 31.7 Å². The first-order valence-corrected chi connectivity index (χ1v) is 6.57. The number of aromatic nitrogens is 2. The molecule has 2 aromatic rings. The molecule has 0 spiro atoms. The number of hydrogen-bond acceptors (Lipinski definition) is 3. The summed E-state index contributed by atoms with van der Waals surface area (Å²) in [5.41, 5.74) is 1.04. The molecule has 0 saturated heterocycles. The van der Waals surface area contributed by atoms with E-state index in [9.17, 15) is 0 Å². The predicted octanol–water partition coefficient (Wildman–Crippen LogP) is 1.94.